The maximum absolute atomic E-state index is 12.3. The Labute approximate surface area is 104 Å². The first kappa shape index (κ1) is 12.9. The zero-order chi connectivity index (χ0) is 13.3. The summed E-state index contributed by atoms with van der Waals surface area (Å²) in [6, 6.07) is 0. The Balaban J connectivity index is 2.02. The number of hydrogen-bond acceptors (Lipinski definition) is 5. The molecule has 0 radical (unpaired) electrons. The van der Waals surface area contributed by atoms with Gasteiger partial charge in [-0.3, -0.25) is 0 Å². The van der Waals surface area contributed by atoms with Crippen LogP contribution in [0.1, 0.15) is 5.01 Å². The van der Waals surface area contributed by atoms with Gasteiger partial charge in [-0.2, -0.15) is 13.2 Å². The summed E-state index contributed by atoms with van der Waals surface area (Å²) in [4.78, 5) is 13.5. The Hall–Kier alpha value is -1.58. The highest BCUT2D eigenvalue weighted by molar-refractivity contribution is 7.15. The number of carbonyl (C=O) groups is 1. The first-order chi connectivity index (χ1) is 8.38. The Morgan fingerprint density at radius 3 is 2.28 bits per heavy atom. The summed E-state index contributed by atoms with van der Waals surface area (Å²) in [6.45, 7) is 1.13. The molecule has 6 nitrogen and oxygen atoms in total. The summed E-state index contributed by atoms with van der Waals surface area (Å²) in [6.07, 6.45) is -5.51. The van der Waals surface area contributed by atoms with Crippen LogP contribution in [0.2, 0.25) is 0 Å². The van der Waals surface area contributed by atoms with Crippen molar-refractivity contribution < 1.29 is 23.1 Å². The minimum absolute atomic E-state index is 0.173. The van der Waals surface area contributed by atoms with Crippen molar-refractivity contribution in [3.05, 3.63) is 5.01 Å². The molecule has 2 heterocycles. The van der Waals surface area contributed by atoms with Gasteiger partial charge in [0.25, 0.3) is 0 Å². The van der Waals surface area contributed by atoms with Crippen LogP contribution >= 0.6 is 11.3 Å². The first-order valence-corrected chi connectivity index (χ1v) is 5.83. The number of halogens is 3. The lowest BCUT2D eigenvalue weighted by atomic mass is 10.3. The fourth-order valence-corrected chi connectivity index (χ4v) is 2.31. The van der Waals surface area contributed by atoms with Gasteiger partial charge in [0.2, 0.25) is 10.1 Å². The number of aromatic nitrogens is 2. The van der Waals surface area contributed by atoms with E-state index in [1.165, 1.54) is 4.90 Å². The highest BCUT2D eigenvalue weighted by atomic mass is 32.1. The monoisotopic (exact) mass is 282 g/mol. The van der Waals surface area contributed by atoms with E-state index in [2.05, 4.69) is 10.2 Å². The number of alkyl halides is 3. The molecule has 1 aromatic heterocycles. The summed E-state index contributed by atoms with van der Waals surface area (Å²) >= 11 is 0.469. The van der Waals surface area contributed by atoms with Crippen molar-refractivity contribution in [2.24, 2.45) is 0 Å². The van der Waals surface area contributed by atoms with E-state index >= 15 is 0 Å². The predicted molar refractivity (Wildman–Crippen MR) is 56.7 cm³/mol. The molecule has 0 bridgehead atoms. The van der Waals surface area contributed by atoms with Gasteiger partial charge in [-0.1, -0.05) is 11.3 Å². The normalized spacial score (nSPS) is 17.1. The molecule has 1 aliphatic rings. The largest absolute Gasteiger partial charge is 0.465 e. The van der Waals surface area contributed by atoms with E-state index in [1.54, 1.807) is 4.90 Å². The van der Waals surface area contributed by atoms with Gasteiger partial charge in [0.15, 0.2) is 0 Å². The van der Waals surface area contributed by atoms with Crippen molar-refractivity contribution in [2.75, 3.05) is 31.1 Å². The lowest BCUT2D eigenvalue weighted by Gasteiger charge is -2.32. The average Bonchev–Trinajstić information content (AvgIpc) is 2.78. The van der Waals surface area contributed by atoms with Crippen LogP contribution < -0.4 is 4.90 Å². The summed E-state index contributed by atoms with van der Waals surface area (Å²) < 4.78 is 37.0. The van der Waals surface area contributed by atoms with E-state index in [-0.39, 0.29) is 18.2 Å². The smallest absolute Gasteiger partial charge is 0.445 e. The Morgan fingerprint density at radius 2 is 1.83 bits per heavy atom. The molecule has 1 saturated heterocycles. The SMILES string of the molecule is O=C(O)N1CCN(c2nnc(C(F)(F)F)s2)CC1. The first-order valence-electron chi connectivity index (χ1n) is 5.01. The Kier molecular flexibility index (Phi) is 3.28. The number of carboxylic acid groups (broad SMARTS) is 1. The van der Waals surface area contributed by atoms with Gasteiger partial charge in [0.1, 0.15) is 0 Å². The van der Waals surface area contributed by atoms with Crippen LogP contribution in [-0.2, 0) is 6.18 Å². The summed E-state index contributed by atoms with van der Waals surface area (Å²) in [5, 5.41) is 14.5. The summed E-state index contributed by atoms with van der Waals surface area (Å²) in [7, 11) is 0. The van der Waals surface area contributed by atoms with Crippen LogP contribution in [0.3, 0.4) is 0 Å². The summed E-state index contributed by atoms with van der Waals surface area (Å²) in [5.41, 5.74) is 0. The fourth-order valence-electron chi connectivity index (χ4n) is 1.55. The molecule has 18 heavy (non-hydrogen) atoms. The number of hydrogen-bond donors (Lipinski definition) is 1. The molecule has 2 rings (SSSR count). The highest BCUT2D eigenvalue weighted by Gasteiger charge is 2.36. The number of anilines is 1. The topological polar surface area (TPSA) is 69.6 Å². The molecule has 1 aromatic rings. The van der Waals surface area contributed by atoms with Crippen LogP contribution in [0.5, 0.6) is 0 Å². The van der Waals surface area contributed by atoms with Crippen LogP contribution in [0.15, 0.2) is 0 Å². The summed E-state index contributed by atoms with van der Waals surface area (Å²) in [5.74, 6) is 0. The van der Waals surface area contributed by atoms with Crippen LogP contribution in [0, 0.1) is 0 Å². The van der Waals surface area contributed by atoms with Gasteiger partial charge in [-0.05, 0) is 0 Å². The third-order valence-electron chi connectivity index (χ3n) is 2.48. The predicted octanol–water partition coefficient (Wildman–Crippen LogP) is 1.36. The standard InChI is InChI=1S/C8H9F3N4O2S/c9-8(10,11)5-12-13-6(18-5)14-1-3-15(4-2-14)7(16)17/h1-4H2,(H,16,17). The van der Waals surface area contributed by atoms with Gasteiger partial charge >= 0.3 is 12.3 Å². The van der Waals surface area contributed by atoms with Crippen LogP contribution in [-0.4, -0.2) is 52.5 Å². The number of rotatable bonds is 1. The van der Waals surface area contributed by atoms with Crippen molar-refractivity contribution in [2.45, 2.75) is 6.18 Å². The van der Waals surface area contributed by atoms with Gasteiger partial charge in [0, 0.05) is 26.2 Å². The molecule has 0 aromatic carbocycles. The molecule has 10 heteroatoms. The minimum atomic E-state index is -4.49. The van der Waals surface area contributed by atoms with Crippen molar-refractivity contribution in [3.8, 4) is 0 Å². The number of piperazine rings is 1. The molecule has 1 fully saturated rings. The molecule has 0 saturated carbocycles. The second-order valence-corrected chi connectivity index (χ2v) is 4.60. The lowest BCUT2D eigenvalue weighted by molar-refractivity contribution is -0.138. The zero-order valence-corrected chi connectivity index (χ0v) is 9.83. The number of nitrogens with zero attached hydrogens (tertiary/aromatic N) is 4. The quantitative estimate of drug-likeness (QED) is 0.842. The van der Waals surface area contributed by atoms with Gasteiger partial charge in [-0.25, -0.2) is 4.79 Å². The van der Waals surface area contributed by atoms with Crippen molar-refractivity contribution >= 4 is 22.6 Å². The number of amides is 1. The third-order valence-corrected chi connectivity index (χ3v) is 3.51. The molecular formula is C8H9F3N4O2S. The zero-order valence-electron chi connectivity index (χ0n) is 9.01. The maximum atomic E-state index is 12.3. The Morgan fingerprint density at radius 1 is 1.22 bits per heavy atom. The van der Waals surface area contributed by atoms with E-state index in [9.17, 15) is 18.0 Å². The highest BCUT2D eigenvalue weighted by Crippen LogP contribution is 2.34. The van der Waals surface area contributed by atoms with Crippen molar-refractivity contribution in [1.82, 2.24) is 15.1 Å². The molecule has 0 atom stereocenters. The van der Waals surface area contributed by atoms with Crippen LogP contribution in [0.25, 0.3) is 0 Å². The molecule has 0 unspecified atom stereocenters. The van der Waals surface area contributed by atoms with Gasteiger partial charge in [0.05, 0.1) is 0 Å². The molecule has 0 spiro atoms. The van der Waals surface area contributed by atoms with Crippen molar-refractivity contribution in [3.63, 3.8) is 0 Å². The van der Waals surface area contributed by atoms with Crippen LogP contribution in [0.4, 0.5) is 23.1 Å². The molecular weight excluding hydrogens is 273 g/mol. The average molecular weight is 282 g/mol. The van der Waals surface area contributed by atoms with E-state index in [4.69, 9.17) is 5.11 Å². The van der Waals surface area contributed by atoms with Crippen molar-refractivity contribution in [1.29, 1.82) is 0 Å². The lowest BCUT2D eigenvalue weighted by Crippen LogP contribution is -2.48. The second kappa shape index (κ2) is 4.59. The minimum Gasteiger partial charge on any atom is -0.465 e. The van der Waals surface area contributed by atoms with E-state index in [0.717, 1.165) is 0 Å². The van der Waals surface area contributed by atoms with Gasteiger partial charge < -0.3 is 14.9 Å². The third kappa shape index (κ3) is 2.63. The van der Waals surface area contributed by atoms with E-state index in [0.29, 0.717) is 24.4 Å². The fraction of sp³-hybridized carbons (Fsp3) is 0.625. The molecule has 1 amide bonds. The van der Waals surface area contributed by atoms with E-state index < -0.39 is 17.3 Å². The molecule has 1 aliphatic heterocycles. The van der Waals surface area contributed by atoms with E-state index in [1.807, 2.05) is 0 Å². The molecule has 0 aliphatic carbocycles. The Bertz CT molecular complexity index is 442. The van der Waals surface area contributed by atoms with Gasteiger partial charge in [-0.15, -0.1) is 10.2 Å². The molecule has 100 valence electrons. The second-order valence-electron chi connectivity index (χ2n) is 3.64. The molecule has 1 N–H and O–H groups in total. The maximum Gasteiger partial charge on any atom is 0.445 e.